The summed E-state index contributed by atoms with van der Waals surface area (Å²) < 4.78 is 0. The number of aryl methyl sites for hydroxylation is 2. The van der Waals surface area contributed by atoms with Gasteiger partial charge < -0.3 is 5.32 Å². The number of anilines is 2. The van der Waals surface area contributed by atoms with Gasteiger partial charge in [0.15, 0.2) is 0 Å². The van der Waals surface area contributed by atoms with E-state index in [1.54, 1.807) is 11.8 Å². The number of thioether (sulfide) groups is 1. The van der Waals surface area contributed by atoms with Crippen molar-refractivity contribution in [1.82, 2.24) is 0 Å². The highest BCUT2D eigenvalue weighted by atomic mass is 35.5. The molecule has 1 heterocycles. The molecule has 0 aromatic heterocycles. The van der Waals surface area contributed by atoms with Crippen LogP contribution in [0.4, 0.5) is 11.4 Å². The standard InChI is InChI=1S/C25H23ClN2O2S/c1-16-11-17(2)13-21(12-16)28-22(29)15-31-25(28)19-9-6-10-20(14-19)27-24(30)23(26)18-7-4-3-5-8-18/h3-14,23,25H,15H2,1-2H3,(H,27,30)/t23-,25+/m0/s1. The summed E-state index contributed by atoms with van der Waals surface area (Å²) in [6.07, 6.45) is 0. The van der Waals surface area contributed by atoms with Crippen molar-refractivity contribution in [2.75, 3.05) is 16.0 Å². The van der Waals surface area contributed by atoms with E-state index in [0.717, 1.165) is 27.9 Å². The number of alkyl halides is 1. The van der Waals surface area contributed by atoms with Gasteiger partial charge in [-0.25, -0.2) is 0 Å². The zero-order valence-electron chi connectivity index (χ0n) is 17.3. The molecule has 3 aromatic carbocycles. The number of rotatable bonds is 5. The second kappa shape index (κ2) is 9.16. The maximum absolute atomic E-state index is 12.7. The monoisotopic (exact) mass is 450 g/mol. The quantitative estimate of drug-likeness (QED) is 0.485. The highest BCUT2D eigenvalue weighted by Gasteiger charge is 2.34. The van der Waals surface area contributed by atoms with Crippen LogP contribution in [0.25, 0.3) is 0 Å². The van der Waals surface area contributed by atoms with Crippen molar-refractivity contribution in [2.45, 2.75) is 24.6 Å². The van der Waals surface area contributed by atoms with Crippen molar-refractivity contribution in [3.05, 3.63) is 95.1 Å². The predicted molar refractivity (Wildman–Crippen MR) is 129 cm³/mol. The van der Waals surface area contributed by atoms with E-state index in [0.29, 0.717) is 11.4 Å². The SMILES string of the molecule is Cc1cc(C)cc(N2C(=O)CS[C@@H]2c2cccc(NC(=O)[C@@H](Cl)c3ccccc3)c2)c1. The summed E-state index contributed by atoms with van der Waals surface area (Å²) in [5.41, 5.74) is 5.50. The van der Waals surface area contributed by atoms with Gasteiger partial charge in [-0.2, -0.15) is 0 Å². The second-order valence-electron chi connectivity index (χ2n) is 7.66. The number of carbonyl (C=O) groups is 2. The summed E-state index contributed by atoms with van der Waals surface area (Å²) in [6, 6.07) is 23.0. The molecule has 1 aliphatic heterocycles. The van der Waals surface area contributed by atoms with E-state index in [2.05, 4.69) is 11.4 Å². The molecule has 31 heavy (non-hydrogen) atoms. The Morgan fingerprint density at radius 2 is 1.74 bits per heavy atom. The summed E-state index contributed by atoms with van der Waals surface area (Å²) in [5, 5.41) is 1.98. The summed E-state index contributed by atoms with van der Waals surface area (Å²) in [7, 11) is 0. The lowest BCUT2D eigenvalue weighted by atomic mass is 10.1. The van der Waals surface area contributed by atoms with E-state index >= 15 is 0 Å². The van der Waals surface area contributed by atoms with Crippen LogP contribution in [0.5, 0.6) is 0 Å². The third-order valence-electron chi connectivity index (χ3n) is 5.11. The number of carbonyl (C=O) groups excluding carboxylic acids is 2. The number of halogens is 1. The first-order valence-electron chi connectivity index (χ1n) is 10.0. The highest BCUT2D eigenvalue weighted by Crippen LogP contribution is 2.42. The topological polar surface area (TPSA) is 49.4 Å². The minimum atomic E-state index is -0.779. The van der Waals surface area contributed by atoms with E-state index in [1.165, 1.54) is 0 Å². The molecular weight excluding hydrogens is 428 g/mol. The van der Waals surface area contributed by atoms with E-state index in [-0.39, 0.29) is 17.2 Å². The highest BCUT2D eigenvalue weighted by molar-refractivity contribution is 8.00. The van der Waals surface area contributed by atoms with Gasteiger partial charge in [0.1, 0.15) is 10.8 Å². The van der Waals surface area contributed by atoms with Crippen molar-refractivity contribution in [1.29, 1.82) is 0 Å². The molecule has 6 heteroatoms. The van der Waals surface area contributed by atoms with Crippen LogP contribution < -0.4 is 10.2 Å². The number of nitrogens with one attached hydrogen (secondary N) is 1. The third kappa shape index (κ3) is 4.78. The normalized spacial score (nSPS) is 16.9. The smallest absolute Gasteiger partial charge is 0.246 e. The molecule has 0 saturated carbocycles. The summed E-state index contributed by atoms with van der Waals surface area (Å²) in [4.78, 5) is 27.2. The molecule has 2 atom stereocenters. The van der Waals surface area contributed by atoms with E-state index in [1.807, 2.05) is 85.5 Å². The lowest BCUT2D eigenvalue weighted by molar-refractivity contribution is -0.116. The van der Waals surface area contributed by atoms with Gasteiger partial charge in [0, 0.05) is 11.4 Å². The fraction of sp³-hybridized carbons (Fsp3) is 0.200. The number of hydrogen-bond donors (Lipinski definition) is 1. The van der Waals surface area contributed by atoms with Gasteiger partial charge in [0.05, 0.1) is 5.75 Å². The average Bonchev–Trinajstić information content (AvgIpc) is 3.15. The van der Waals surface area contributed by atoms with Crippen molar-refractivity contribution < 1.29 is 9.59 Å². The van der Waals surface area contributed by atoms with Gasteiger partial charge in [-0.15, -0.1) is 23.4 Å². The van der Waals surface area contributed by atoms with Crippen LogP contribution in [-0.2, 0) is 9.59 Å². The van der Waals surface area contributed by atoms with Crippen LogP contribution in [0.3, 0.4) is 0 Å². The van der Waals surface area contributed by atoms with Crippen LogP contribution in [0.2, 0.25) is 0 Å². The fourth-order valence-electron chi connectivity index (χ4n) is 3.79. The van der Waals surface area contributed by atoms with Crippen molar-refractivity contribution in [3.63, 3.8) is 0 Å². The summed E-state index contributed by atoms with van der Waals surface area (Å²) >= 11 is 7.94. The van der Waals surface area contributed by atoms with Crippen molar-refractivity contribution in [2.24, 2.45) is 0 Å². The van der Waals surface area contributed by atoms with Crippen LogP contribution in [0.1, 0.15) is 33.0 Å². The Hall–Kier alpha value is -2.76. The molecule has 0 aliphatic carbocycles. The van der Waals surface area contributed by atoms with E-state index in [9.17, 15) is 9.59 Å². The minimum absolute atomic E-state index is 0.0827. The lowest BCUT2D eigenvalue weighted by Crippen LogP contribution is -2.28. The van der Waals surface area contributed by atoms with Crippen molar-refractivity contribution in [3.8, 4) is 0 Å². The molecule has 0 unspecified atom stereocenters. The Morgan fingerprint density at radius 1 is 1.03 bits per heavy atom. The van der Waals surface area contributed by atoms with E-state index < -0.39 is 5.38 Å². The molecule has 1 aliphatic rings. The molecule has 4 rings (SSSR count). The largest absolute Gasteiger partial charge is 0.324 e. The molecule has 4 nitrogen and oxygen atoms in total. The zero-order chi connectivity index (χ0) is 22.0. The van der Waals surface area contributed by atoms with Gasteiger partial charge in [0.25, 0.3) is 0 Å². The minimum Gasteiger partial charge on any atom is -0.324 e. The van der Waals surface area contributed by atoms with Gasteiger partial charge >= 0.3 is 0 Å². The zero-order valence-corrected chi connectivity index (χ0v) is 18.9. The van der Waals surface area contributed by atoms with E-state index in [4.69, 9.17) is 11.6 Å². The van der Waals surface area contributed by atoms with Crippen LogP contribution >= 0.6 is 23.4 Å². The Bertz CT molecular complexity index is 1100. The van der Waals surface area contributed by atoms with Crippen LogP contribution in [0, 0.1) is 13.8 Å². The number of benzene rings is 3. The molecule has 0 bridgehead atoms. The fourth-order valence-corrected chi connectivity index (χ4v) is 5.16. The molecule has 0 radical (unpaired) electrons. The van der Waals surface area contributed by atoms with Crippen LogP contribution in [0.15, 0.2) is 72.8 Å². The second-order valence-corrected chi connectivity index (χ2v) is 9.17. The predicted octanol–water partition coefficient (Wildman–Crippen LogP) is 6.00. The Labute approximate surface area is 191 Å². The molecule has 3 aromatic rings. The average molecular weight is 451 g/mol. The summed E-state index contributed by atoms with van der Waals surface area (Å²) in [5.74, 6) is 0.220. The van der Waals surface area contributed by atoms with Crippen LogP contribution in [-0.4, -0.2) is 17.6 Å². The third-order valence-corrected chi connectivity index (χ3v) is 6.78. The molecule has 1 N–H and O–H groups in total. The molecule has 0 spiro atoms. The van der Waals surface area contributed by atoms with Crippen molar-refractivity contribution >= 4 is 46.6 Å². The van der Waals surface area contributed by atoms with Gasteiger partial charge in [-0.3, -0.25) is 14.5 Å². The Morgan fingerprint density at radius 3 is 2.45 bits per heavy atom. The first kappa shape index (κ1) is 21.5. The summed E-state index contributed by atoms with van der Waals surface area (Å²) in [6.45, 7) is 4.06. The Kier molecular flexibility index (Phi) is 6.35. The lowest BCUT2D eigenvalue weighted by Gasteiger charge is -2.25. The maximum Gasteiger partial charge on any atom is 0.246 e. The van der Waals surface area contributed by atoms with Gasteiger partial charge in [0.2, 0.25) is 11.8 Å². The molecular formula is C25H23ClN2O2S. The maximum atomic E-state index is 12.7. The molecule has 1 saturated heterocycles. The van der Waals surface area contributed by atoms with Gasteiger partial charge in [-0.1, -0.05) is 48.5 Å². The molecule has 1 fully saturated rings. The first-order chi connectivity index (χ1) is 14.9. The number of nitrogens with zero attached hydrogens (tertiary/aromatic N) is 1. The molecule has 158 valence electrons. The number of amides is 2. The first-order valence-corrected chi connectivity index (χ1v) is 11.5. The molecule has 2 amide bonds. The Balaban J connectivity index is 1.57. The number of hydrogen-bond acceptors (Lipinski definition) is 3. The van der Waals surface area contributed by atoms with Gasteiger partial charge in [-0.05, 0) is 60.4 Å².